The second kappa shape index (κ2) is 15.7. The van der Waals surface area contributed by atoms with Crippen molar-refractivity contribution in [3.8, 4) is 0 Å². The fraction of sp³-hybridized carbons (Fsp3) is 0.667. The van der Waals surface area contributed by atoms with Crippen LogP contribution in [-0.2, 0) is 0 Å². The molecule has 1 aromatic rings. The van der Waals surface area contributed by atoms with Crippen molar-refractivity contribution in [2.45, 2.75) is 75.1 Å². The molecule has 0 aliphatic carbocycles. The van der Waals surface area contributed by atoms with E-state index in [1.807, 2.05) is 30.3 Å². The quantitative estimate of drug-likeness (QED) is 0.490. The monoisotopic (exact) mass is 402 g/mol. The molecule has 0 N–H and O–H groups in total. The first kappa shape index (κ1) is 20.3. The topological polar surface area (TPSA) is 0 Å². The van der Waals surface area contributed by atoms with Crippen molar-refractivity contribution < 1.29 is 0 Å². The van der Waals surface area contributed by atoms with E-state index in [9.17, 15) is 0 Å². The van der Waals surface area contributed by atoms with Crippen molar-refractivity contribution >= 4 is 34.8 Å². The Morgan fingerprint density at radius 3 is 1.40 bits per heavy atom. The second-order valence-electron chi connectivity index (χ2n) is 5.37. The fourth-order valence-electron chi connectivity index (χ4n) is 2.08. The average Bonchev–Trinajstić information content (AvgIpc) is 2.48. The zero-order valence-electron chi connectivity index (χ0n) is 13.7. The van der Waals surface area contributed by atoms with E-state index in [-0.39, 0.29) is 0 Å². The number of benzene rings is 1. The zero-order valence-corrected chi connectivity index (χ0v) is 17.5. The van der Waals surface area contributed by atoms with Crippen LogP contribution >= 0.6 is 0 Å². The molecule has 114 valence electrons. The molecule has 0 bridgehead atoms. The molecule has 1 aromatic carbocycles. The van der Waals surface area contributed by atoms with Crippen molar-refractivity contribution in [3.05, 3.63) is 30.3 Å². The van der Waals surface area contributed by atoms with Crippen LogP contribution in [0.25, 0.3) is 0 Å². The van der Waals surface area contributed by atoms with Crippen LogP contribution in [0.15, 0.2) is 30.3 Å². The molecule has 0 unspecified atom stereocenters. The van der Waals surface area contributed by atoms with Crippen molar-refractivity contribution in [3.63, 3.8) is 0 Å². The summed E-state index contributed by atoms with van der Waals surface area (Å²) >= 11 is 2.35. The minimum atomic E-state index is -0.552. The molecule has 0 heterocycles. The summed E-state index contributed by atoms with van der Waals surface area (Å²) in [7, 11) is 0. The summed E-state index contributed by atoms with van der Waals surface area (Å²) in [5, 5.41) is 4.95. The maximum absolute atomic E-state index is 2.90. The Morgan fingerprint density at radius 2 is 1.15 bits per heavy atom. The Labute approximate surface area is 140 Å². The molecule has 0 saturated heterocycles. The Bertz CT molecular complexity index is 268. The Hall–Kier alpha value is 0.282. The van der Waals surface area contributed by atoms with Gasteiger partial charge in [0.1, 0.15) is 0 Å². The molecule has 0 fully saturated rings. The summed E-state index contributed by atoms with van der Waals surface area (Å²) in [6, 6.07) is 10.1. The van der Waals surface area contributed by atoms with Gasteiger partial charge in [0.25, 0.3) is 0 Å². The molecule has 0 atom stereocenters. The number of unbranched alkanes of at least 4 members (excludes halogenated alkanes) is 3. The van der Waals surface area contributed by atoms with E-state index >= 15 is 0 Å². The Morgan fingerprint density at radius 1 is 0.750 bits per heavy atom. The van der Waals surface area contributed by atoms with Gasteiger partial charge in [-0.2, -0.15) is 0 Å². The molecular weight excluding hydrogens is 368 g/mol. The molecule has 0 aromatic heterocycles. The van der Waals surface area contributed by atoms with Crippen LogP contribution in [0.2, 0.25) is 15.8 Å². The molecule has 0 aliphatic heterocycles. The van der Waals surface area contributed by atoms with E-state index in [1.54, 1.807) is 15.8 Å². The summed E-state index contributed by atoms with van der Waals surface area (Å²) in [4.78, 5) is 0. The van der Waals surface area contributed by atoms with Crippen LogP contribution in [-0.4, -0.2) is 30.4 Å². The van der Waals surface area contributed by atoms with Crippen LogP contribution in [0.5, 0.6) is 0 Å². The predicted octanol–water partition coefficient (Wildman–Crippen LogP) is 5.36. The average molecular weight is 400 g/mol. The van der Waals surface area contributed by atoms with E-state index in [0.717, 1.165) is 0 Å². The van der Waals surface area contributed by atoms with E-state index in [4.69, 9.17) is 0 Å². The number of hydrogen-bond donors (Lipinski definition) is 0. The van der Waals surface area contributed by atoms with Gasteiger partial charge in [-0.3, -0.25) is 0 Å². The van der Waals surface area contributed by atoms with Gasteiger partial charge in [-0.1, -0.05) is 0 Å². The second-order valence-corrected chi connectivity index (χ2v) is 12.7. The molecule has 0 aliphatic rings. The number of hydrogen-bond acceptors (Lipinski definition) is 0. The summed E-state index contributed by atoms with van der Waals surface area (Å²) in [6.07, 6.45) is 8.78. The van der Waals surface area contributed by atoms with E-state index in [1.165, 1.54) is 43.0 Å². The molecule has 20 heavy (non-hydrogen) atoms. The standard InChI is InChI=1S/C12H27Ge.C6H5Se/c1-4-7-10-13(11-8-5-2)12-9-6-3;7-6-4-2-1-3-5-6/h4-12H2,1-3H3;1-5H. The summed E-state index contributed by atoms with van der Waals surface area (Å²) in [5.41, 5.74) is 0. The van der Waals surface area contributed by atoms with E-state index in [0.29, 0.717) is 0 Å². The summed E-state index contributed by atoms with van der Waals surface area (Å²) in [5.74, 6) is 0. The molecule has 0 spiro atoms. The normalized spacial score (nSPS) is 10.2. The zero-order chi connectivity index (χ0) is 15.1. The van der Waals surface area contributed by atoms with Crippen LogP contribution in [0.3, 0.4) is 0 Å². The van der Waals surface area contributed by atoms with Gasteiger partial charge in [-0.05, 0) is 0 Å². The molecule has 0 nitrogen and oxygen atoms in total. The first-order valence-corrected chi connectivity index (χ1v) is 13.6. The molecular formula is C18H32GeSe. The Kier molecular flexibility index (Phi) is 15.9. The van der Waals surface area contributed by atoms with Gasteiger partial charge in [0.05, 0.1) is 0 Å². The molecule has 2 heteroatoms. The van der Waals surface area contributed by atoms with Gasteiger partial charge < -0.3 is 0 Å². The number of rotatable bonds is 9. The SMILES string of the molecule is CCC[CH2][Ge]([CH2]CCC)[CH2]CCC.[Se]c1ccccc1. The summed E-state index contributed by atoms with van der Waals surface area (Å²) < 4.78 is 1.20. The van der Waals surface area contributed by atoms with Crippen LogP contribution in [0.1, 0.15) is 59.3 Å². The van der Waals surface area contributed by atoms with E-state index in [2.05, 4.69) is 36.8 Å². The van der Waals surface area contributed by atoms with E-state index < -0.39 is 14.3 Å². The Balaban J connectivity index is 0.000000428. The van der Waals surface area contributed by atoms with Crippen LogP contribution in [0, 0.1) is 0 Å². The first-order chi connectivity index (χ1) is 9.74. The molecule has 2 radical (unpaired) electrons. The van der Waals surface area contributed by atoms with Crippen LogP contribution in [0.4, 0.5) is 0 Å². The van der Waals surface area contributed by atoms with Gasteiger partial charge in [0.2, 0.25) is 0 Å². The predicted molar refractivity (Wildman–Crippen MR) is 96.7 cm³/mol. The third-order valence-corrected chi connectivity index (χ3v) is 10.6. The van der Waals surface area contributed by atoms with Crippen molar-refractivity contribution in [2.24, 2.45) is 0 Å². The van der Waals surface area contributed by atoms with Crippen molar-refractivity contribution in [1.82, 2.24) is 0 Å². The molecule has 1 rings (SSSR count). The fourth-order valence-corrected chi connectivity index (χ4v) is 9.35. The van der Waals surface area contributed by atoms with Gasteiger partial charge >= 0.3 is 140 Å². The maximum atomic E-state index is 2.90. The van der Waals surface area contributed by atoms with Gasteiger partial charge in [-0.25, -0.2) is 0 Å². The summed E-state index contributed by atoms with van der Waals surface area (Å²) in [6.45, 7) is 6.99. The van der Waals surface area contributed by atoms with Crippen molar-refractivity contribution in [1.29, 1.82) is 0 Å². The minimum absolute atomic E-state index is 0.552. The van der Waals surface area contributed by atoms with Gasteiger partial charge in [0, 0.05) is 0 Å². The molecule has 0 amide bonds. The van der Waals surface area contributed by atoms with Crippen molar-refractivity contribution in [2.75, 3.05) is 0 Å². The molecule has 0 saturated carbocycles. The third kappa shape index (κ3) is 13.3. The third-order valence-electron chi connectivity index (χ3n) is 3.39. The first-order valence-electron chi connectivity index (χ1n) is 8.30. The van der Waals surface area contributed by atoms with Gasteiger partial charge in [0.15, 0.2) is 0 Å². The van der Waals surface area contributed by atoms with Crippen LogP contribution < -0.4 is 4.46 Å². The van der Waals surface area contributed by atoms with Gasteiger partial charge in [-0.15, -0.1) is 0 Å².